The molecule has 1 atom stereocenters. The van der Waals surface area contributed by atoms with Crippen LogP contribution in [0.3, 0.4) is 0 Å². The highest BCUT2D eigenvalue weighted by atomic mass is 32.2. The Hall–Kier alpha value is -3.36. The van der Waals surface area contributed by atoms with Crippen LogP contribution in [-0.2, 0) is 40.9 Å². The molecule has 0 bridgehead atoms. The van der Waals surface area contributed by atoms with Crippen LogP contribution in [-0.4, -0.2) is 44.7 Å². The molecule has 188 valence electrons. The number of aryl methyl sites for hydroxylation is 1. The average Bonchev–Trinajstić information content (AvgIpc) is 2.87. The molecular weight excluding hydrogens is 474 g/mol. The second kappa shape index (κ2) is 9.95. The molecule has 7 nitrogen and oxygen atoms in total. The zero-order valence-electron chi connectivity index (χ0n) is 20.6. The Labute approximate surface area is 212 Å². The number of benzene rings is 3. The van der Waals surface area contributed by atoms with Gasteiger partial charge in [0.05, 0.1) is 18.5 Å². The van der Waals surface area contributed by atoms with Crippen LogP contribution in [0.15, 0.2) is 66.7 Å². The van der Waals surface area contributed by atoms with E-state index in [4.69, 9.17) is 4.74 Å². The third kappa shape index (κ3) is 5.39. The fourth-order valence-electron chi connectivity index (χ4n) is 4.82. The van der Waals surface area contributed by atoms with Gasteiger partial charge in [0.15, 0.2) is 6.10 Å². The number of amides is 1. The number of anilines is 1. The van der Waals surface area contributed by atoms with Crippen LogP contribution in [0.4, 0.5) is 5.69 Å². The minimum Gasteiger partial charge on any atom is -0.476 e. The third-order valence-corrected chi connectivity index (χ3v) is 7.93. The fraction of sp³-hybridized carbons (Fsp3) is 0.321. The average molecular weight is 506 g/mol. The zero-order valence-corrected chi connectivity index (χ0v) is 21.4. The maximum Gasteiger partial charge on any atom is 0.263 e. The van der Waals surface area contributed by atoms with Gasteiger partial charge in [-0.15, -0.1) is 0 Å². The highest BCUT2D eigenvalue weighted by Gasteiger charge is 2.35. The van der Waals surface area contributed by atoms with E-state index in [1.54, 1.807) is 12.1 Å². The van der Waals surface area contributed by atoms with Gasteiger partial charge in [-0.05, 0) is 53.3 Å². The molecule has 0 spiro atoms. The van der Waals surface area contributed by atoms with Gasteiger partial charge in [0, 0.05) is 26.2 Å². The highest BCUT2D eigenvalue weighted by Crippen LogP contribution is 2.35. The van der Waals surface area contributed by atoms with Gasteiger partial charge in [0.2, 0.25) is 10.0 Å². The van der Waals surface area contributed by atoms with Crippen molar-refractivity contribution in [2.24, 2.45) is 0 Å². The Bertz CT molecular complexity index is 1370. The smallest absolute Gasteiger partial charge is 0.263 e. The molecule has 0 saturated carbocycles. The highest BCUT2D eigenvalue weighted by molar-refractivity contribution is 7.92. The molecular formula is C28H31N3O4S. The van der Waals surface area contributed by atoms with E-state index < -0.39 is 16.1 Å². The fourth-order valence-corrected chi connectivity index (χ4v) is 5.73. The third-order valence-electron chi connectivity index (χ3n) is 6.78. The van der Waals surface area contributed by atoms with E-state index in [0.717, 1.165) is 43.4 Å². The summed E-state index contributed by atoms with van der Waals surface area (Å²) in [7, 11) is -3.55. The standard InChI is InChI=1S/C28H31N3O4S/c1-20-7-12-26-25(15-20)31(36(2,33)34)19-27(35-26)28(32)29-16-21-8-10-22(11-9-21)17-30-14-13-23-5-3-4-6-24(23)18-30/h3-12,15,27H,13-14,16-19H2,1-2H3,(H,29,32). The summed E-state index contributed by atoms with van der Waals surface area (Å²) in [5.41, 5.74) is 6.44. The van der Waals surface area contributed by atoms with E-state index in [2.05, 4.69) is 46.6 Å². The van der Waals surface area contributed by atoms with Gasteiger partial charge in [-0.3, -0.25) is 14.0 Å². The van der Waals surface area contributed by atoms with Crippen LogP contribution in [0.25, 0.3) is 0 Å². The van der Waals surface area contributed by atoms with Gasteiger partial charge in [-0.1, -0.05) is 54.6 Å². The summed E-state index contributed by atoms with van der Waals surface area (Å²) >= 11 is 0. The molecule has 0 saturated heterocycles. The quantitative estimate of drug-likeness (QED) is 0.556. The predicted octanol–water partition coefficient (Wildman–Crippen LogP) is 3.40. The molecule has 1 N–H and O–H groups in total. The number of sulfonamides is 1. The predicted molar refractivity (Wildman–Crippen MR) is 140 cm³/mol. The zero-order chi connectivity index (χ0) is 25.3. The molecule has 3 aromatic carbocycles. The second-order valence-electron chi connectivity index (χ2n) is 9.64. The van der Waals surface area contributed by atoms with Crippen molar-refractivity contribution in [2.75, 3.05) is 23.7 Å². The number of rotatable bonds is 6. The normalized spacial score (nSPS) is 17.6. The Balaban J connectivity index is 1.18. The summed E-state index contributed by atoms with van der Waals surface area (Å²) in [5, 5.41) is 2.90. The van der Waals surface area contributed by atoms with Crippen LogP contribution >= 0.6 is 0 Å². The van der Waals surface area contributed by atoms with Crippen molar-refractivity contribution in [1.29, 1.82) is 0 Å². The van der Waals surface area contributed by atoms with Crippen molar-refractivity contribution in [3.63, 3.8) is 0 Å². The van der Waals surface area contributed by atoms with Crippen molar-refractivity contribution >= 4 is 21.6 Å². The van der Waals surface area contributed by atoms with Crippen LogP contribution < -0.4 is 14.4 Å². The van der Waals surface area contributed by atoms with Gasteiger partial charge < -0.3 is 10.1 Å². The van der Waals surface area contributed by atoms with E-state index in [-0.39, 0.29) is 12.5 Å². The van der Waals surface area contributed by atoms with Crippen molar-refractivity contribution < 1.29 is 17.9 Å². The first-order valence-electron chi connectivity index (χ1n) is 12.2. The lowest BCUT2D eigenvalue weighted by Gasteiger charge is -2.34. The van der Waals surface area contributed by atoms with Gasteiger partial charge in [-0.2, -0.15) is 0 Å². The lowest BCUT2D eigenvalue weighted by molar-refractivity contribution is -0.127. The summed E-state index contributed by atoms with van der Waals surface area (Å²) in [6.07, 6.45) is 1.30. The van der Waals surface area contributed by atoms with Gasteiger partial charge in [0.25, 0.3) is 5.91 Å². The first kappa shape index (κ1) is 24.3. The Morgan fingerprint density at radius 1 is 1.03 bits per heavy atom. The van der Waals surface area contributed by atoms with Crippen LogP contribution in [0.5, 0.6) is 5.75 Å². The van der Waals surface area contributed by atoms with Crippen LogP contribution in [0.2, 0.25) is 0 Å². The molecule has 8 heteroatoms. The maximum absolute atomic E-state index is 12.9. The Morgan fingerprint density at radius 3 is 2.50 bits per heavy atom. The molecule has 2 aliphatic heterocycles. The SMILES string of the molecule is Cc1ccc2c(c1)N(S(C)(=O)=O)CC(C(=O)NCc1ccc(CN3CCc4ccccc4C3)cc1)O2. The maximum atomic E-state index is 12.9. The number of hydrogen-bond acceptors (Lipinski definition) is 5. The number of nitrogens with zero attached hydrogens (tertiary/aromatic N) is 2. The number of carbonyl (C=O) groups is 1. The molecule has 2 aliphatic rings. The minimum atomic E-state index is -3.55. The second-order valence-corrected chi connectivity index (χ2v) is 11.5. The molecule has 3 aromatic rings. The van der Waals surface area contributed by atoms with Crippen molar-refractivity contribution in [3.8, 4) is 5.75 Å². The van der Waals surface area contributed by atoms with E-state index in [0.29, 0.717) is 18.0 Å². The van der Waals surface area contributed by atoms with Crippen molar-refractivity contribution in [1.82, 2.24) is 10.2 Å². The number of hydrogen-bond donors (Lipinski definition) is 1. The molecule has 0 fully saturated rings. The topological polar surface area (TPSA) is 79.0 Å². The molecule has 0 radical (unpaired) electrons. The van der Waals surface area contributed by atoms with Gasteiger partial charge in [0.1, 0.15) is 5.75 Å². The Morgan fingerprint density at radius 2 is 1.75 bits per heavy atom. The molecule has 36 heavy (non-hydrogen) atoms. The van der Waals surface area contributed by atoms with E-state index in [1.807, 2.05) is 25.1 Å². The van der Waals surface area contributed by atoms with Crippen molar-refractivity contribution in [3.05, 3.63) is 94.5 Å². The summed E-state index contributed by atoms with van der Waals surface area (Å²) in [6.45, 7) is 5.06. The molecule has 1 amide bonds. The summed E-state index contributed by atoms with van der Waals surface area (Å²) in [6, 6.07) is 22.2. The van der Waals surface area contributed by atoms with E-state index in [9.17, 15) is 13.2 Å². The minimum absolute atomic E-state index is 0.0565. The van der Waals surface area contributed by atoms with Crippen molar-refractivity contribution in [2.45, 2.75) is 39.1 Å². The van der Waals surface area contributed by atoms with Gasteiger partial charge in [-0.25, -0.2) is 8.42 Å². The lowest BCUT2D eigenvalue weighted by Crippen LogP contribution is -2.50. The van der Waals surface area contributed by atoms with Crippen LogP contribution in [0, 0.1) is 6.92 Å². The summed E-state index contributed by atoms with van der Waals surface area (Å²) in [5.74, 6) is 0.0491. The number of nitrogens with one attached hydrogen (secondary N) is 1. The van der Waals surface area contributed by atoms with E-state index >= 15 is 0 Å². The molecule has 0 aliphatic carbocycles. The van der Waals surface area contributed by atoms with Gasteiger partial charge >= 0.3 is 0 Å². The largest absolute Gasteiger partial charge is 0.476 e. The van der Waals surface area contributed by atoms with Crippen LogP contribution in [0.1, 0.15) is 27.8 Å². The molecule has 1 unspecified atom stereocenters. The number of carbonyl (C=O) groups excluding carboxylic acids is 1. The monoisotopic (exact) mass is 505 g/mol. The first-order valence-corrected chi connectivity index (χ1v) is 14.0. The Kier molecular flexibility index (Phi) is 6.73. The lowest BCUT2D eigenvalue weighted by atomic mass is 9.99. The molecule has 0 aromatic heterocycles. The number of ether oxygens (including phenoxy) is 1. The first-order chi connectivity index (χ1) is 17.3. The van der Waals surface area contributed by atoms with E-state index in [1.165, 1.54) is 21.0 Å². The number of fused-ring (bicyclic) bond motifs is 2. The summed E-state index contributed by atoms with van der Waals surface area (Å²) in [4.78, 5) is 15.3. The molecule has 5 rings (SSSR count). The summed E-state index contributed by atoms with van der Waals surface area (Å²) < 4.78 is 31.9. The molecule has 2 heterocycles.